The van der Waals surface area contributed by atoms with Gasteiger partial charge in [0, 0.05) is 13.1 Å². The monoisotopic (exact) mass is 299 g/mol. The van der Waals surface area contributed by atoms with Crippen LogP contribution in [0.1, 0.15) is 24.2 Å². The largest absolute Gasteiger partial charge is 0.478 e. The van der Waals surface area contributed by atoms with Gasteiger partial charge in [0.1, 0.15) is 5.75 Å². The Balaban J connectivity index is 3.03. The molecule has 0 radical (unpaired) electrons. The number of benzene rings is 1. The summed E-state index contributed by atoms with van der Waals surface area (Å²) in [6.07, 6.45) is 0. The van der Waals surface area contributed by atoms with Crippen LogP contribution in [-0.4, -0.2) is 49.1 Å². The second-order valence-electron chi connectivity index (χ2n) is 4.69. The summed E-state index contributed by atoms with van der Waals surface area (Å²) in [5.41, 5.74) is -0.129. The lowest BCUT2D eigenvalue weighted by atomic mass is 10.2. The number of sulfone groups is 1. The fourth-order valence-corrected chi connectivity index (χ4v) is 2.75. The number of hydrogen-bond donors (Lipinski definition) is 1. The van der Waals surface area contributed by atoms with E-state index in [1.54, 1.807) is 13.8 Å². The van der Waals surface area contributed by atoms with Gasteiger partial charge in [0.2, 0.25) is 5.91 Å². The van der Waals surface area contributed by atoms with Crippen LogP contribution in [0.25, 0.3) is 0 Å². The Labute approximate surface area is 117 Å². The van der Waals surface area contributed by atoms with E-state index in [2.05, 4.69) is 0 Å². The number of hydrogen-bond acceptors (Lipinski definition) is 4. The zero-order chi connectivity index (χ0) is 15.5. The number of carboxylic acids is 1. The van der Waals surface area contributed by atoms with Gasteiger partial charge in [0.25, 0.3) is 0 Å². The van der Waals surface area contributed by atoms with Gasteiger partial charge in [-0.05, 0) is 32.0 Å². The molecule has 0 aliphatic heterocycles. The average molecular weight is 299 g/mol. The zero-order valence-corrected chi connectivity index (χ0v) is 12.3. The van der Waals surface area contributed by atoms with Crippen molar-refractivity contribution in [2.75, 3.05) is 12.8 Å². The van der Waals surface area contributed by atoms with Crippen LogP contribution in [-0.2, 0) is 14.6 Å². The molecule has 1 aromatic carbocycles. The zero-order valence-electron chi connectivity index (χ0n) is 11.5. The number of rotatable bonds is 5. The molecule has 1 amide bonds. The molecule has 0 aromatic heterocycles. The van der Waals surface area contributed by atoms with Crippen molar-refractivity contribution in [3.8, 4) is 0 Å². The van der Waals surface area contributed by atoms with Gasteiger partial charge in [-0.3, -0.25) is 4.79 Å². The Hall–Kier alpha value is -1.89. The molecular weight excluding hydrogens is 282 g/mol. The molecule has 0 atom stereocenters. The maximum Gasteiger partial charge on any atom is 0.335 e. The molecule has 0 aliphatic rings. The molecule has 1 rings (SSSR count). The van der Waals surface area contributed by atoms with Crippen LogP contribution in [0.3, 0.4) is 0 Å². The Morgan fingerprint density at radius 1 is 1.30 bits per heavy atom. The molecular formula is C13H17NO5S. The first-order chi connectivity index (χ1) is 9.15. The van der Waals surface area contributed by atoms with E-state index in [1.165, 1.54) is 30.1 Å². The fourth-order valence-electron chi connectivity index (χ4n) is 1.46. The van der Waals surface area contributed by atoms with Gasteiger partial charge in [0.05, 0.1) is 10.5 Å². The van der Waals surface area contributed by atoms with Crippen LogP contribution < -0.4 is 0 Å². The highest BCUT2D eigenvalue weighted by molar-refractivity contribution is 7.92. The van der Waals surface area contributed by atoms with Crippen LogP contribution in [0.4, 0.5) is 0 Å². The van der Waals surface area contributed by atoms with Crippen molar-refractivity contribution in [2.45, 2.75) is 24.8 Å². The van der Waals surface area contributed by atoms with E-state index in [1.807, 2.05) is 0 Å². The summed E-state index contributed by atoms with van der Waals surface area (Å²) >= 11 is 0. The summed E-state index contributed by atoms with van der Waals surface area (Å²) in [5.74, 6) is -2.42. The second-order valence-corrected chi connectivity index (χ2v) is 6.68. The maximum atomic E-state index is 12.1. The molecule has 0 heterocycles. The van der Waals surface area contributed by atoms with Crippen molar-refractivity contribution in [3.05, 3.63) is 29.8 Å². The topological polar surface area (TPSA) is 91.8 Å². The predicted molar refractivity (Wildman–Crippen MR) is 73.4 cm³/mol. The molecule has 6 nitrogen and oxygen atoms in total. The third-order valence-corrected chi connectivity index (χ3v) is 4.52. The van der Waals surface area contributed by atoms with Gasteiger partial charge in [-0.1, -0.05) is 6.07 Å². The number of carbonyl (C=O) groups excluding carboxylic acids is 1. The van der Waals surface area contributed by atoms with E-state index in [0.717, 1.165) is 6.07 Å². The molecule has 0 aliphatic carbocycles. The highest BCUT2D eigenvalue weighted by Gasteiger charge is 2.23. The minimum absolute atomic E-state index is 0.108. The lowest BCUT2D eigenvalue weighted by molar-refractivity contribution is -0.128. The molecule has 110 valence electrons. The summed E-state index contributed by atoms with van der Waals surface area (Å²) in [4.78, 5) is 23.8. The Kier molecular flexibility index (Phi) is 4.88. The Morgan fingerprint density at radius 2 is 1.90 bits per heavy atom. The highest BCUT2D eigenvalue weighted by Crippen LogP contribution is 2.14. The molecule has 0 spiro atoms. The van der Waals surface area contributed by atoms with E-state index in [0.29, 0.717) is 0 Å². The molecule has 0 saturated carbocycles. The van der Waals surface area contributed by atoms with Crippen molar-refractivity contribution in [3.63, 3.8) is 0 Å². The van der Waals surface area contributed by atoms with Gasteiger partial charge >= 0.3 is 5.97 Å². The first-order valence-electron chi connectivity index (χ1n) is 5.97. The van der Waals surface area contributed by atoms with Crippen molar-refractivity contribution in [1.29, 1.82) is 0 Å². The molecule has 7 heteroatoms. The molecule has 0 saturated heterocycles. The third kappa shape index (κ3) is 3.80. The lowest BCUT2D eigenvalue weighted by Crippen LogP contribution is -2.37. The average Bonchev–Trinajstić information content (AvgIpc) is 2.37. The summed E-state index contributed by atoms with van der Waals surface area (Å²) in [6, 6.07) is 4.87. The molecule has 0 unspecified atom stereocenters. The second kappa shape index (κ2) is 6.04. The number of carboxylic acid groups (broad SMARTS) is 1. The van der Waals surface area contributed by atoms with Gasteiger partial charge in [-0.2, -0.15) is 0 Å². The standard InChI is InChI=1S/C13H17NO5S/c1-9(2)14(3)12(15)8-20(18,19)11-6-4-5-10(7-11)13(16)17/h4-7,9H,8H2,1-3H3,(H,16,17). The van der Waals surface area contributed by atoms with Crippen LogP contribution in [0.2, 0.25) is 0 Å². The predicted octanol–water partition coefficient (Wildman–Crippen LogP) is 1.03. The maximum absolute atomic E-state index is 12.1. The van der Waals surface area contributed by atoms with E-state index < -0.39 is 27.5 Å². The lowest BCUT2D eigenvalue weighted by Gasteiger charge is -2.21. The van der Waals surface area contributed by atoms with Crippen LogP contribution in [0.5, 0.6) is 0 Å². The highest BCUT2D eigenvalue weighted by atomic mass is 32.2. The van der Waals surface area contributed by atoms with E-state index >= 15 is 0 Å². The quantitative estimate of drug-likeness (QED) is 0.876. The van der Waals surface area contributed by atoms with Crippen molar-refractivity contribution in [1.82, 2.24) is 4.90 Å². The van der Waals surface area contributed by atoms with Crippen molar-refractivity contribution in [2.24, 2.45) is 0 Å². The van der Waals surface area contributed by atoms with Gasteiger partial charge < -0.3 is 10.0 Å². The molecule has 20 heavy (non-hydrogen) atoms. The van der Waals surface area contributed by atoms with E-state index in [9.17, 15) is 18.0 Å². The van der Waals surface area contributed by atoms with Gasteiger partial charge in [-0.25, -0.2) is 13.2 Å². The normalized spacial score (nSPS) is 11.4. The third-order valence-electron chi connectivity index (χ3n) is 2.92. The van der Waals surface area contributed by atoms with Crippen LogP contribution in [0.15, 0.2) is 29.2 Å². The first kappa shape index (κ1) is 16.2. The van der Waals surface area contributed by atoms with Gasteiger partial charge in [0.15, 0.2) is 9.84 Å². The van der Waals surface area contributed by atoms with Crippen molar-refractivity contribution < 1.29 is 23.1 Å². The van der Waals surface area contributed by atoms with E-state index in [4.69, 9.17) is 5.11 Å². The SMILES string of the molecule is CC(C)N(C)C(=O)CS(=O)(=O)c1cccc(C(=O)O)c1. The first-order valence-corrected chi connectivity index (χ1v) is 7.62. The Morgan fingerprint density at radius 3 is 2.40 bits per heavy atom. The molecule has 1 N–H and O–H groups in total. The Bertz CT molecular complexity index is 621. The number of carbonyl (C=O) groups is 2. The molecule has 0 bridgehead atoms. The number of amides is 1. The minimum Gasteiger partial charge on any atom is -0.478 e. The molecule has 0 fully saturated rings. The van der Waals surface area contributed by atoms with Crippen LogP contribution >= 0.6 is 0 Å². The smallest absolute Gasteiger partial charge is 0.335 e. The minimum atomic E-state index is -3.85. The number of nitrogens with zero attached hydrogens (tertiary/aromatic N) is 1. The van der Waals surface area contributed by atoms with Crippen molar-refractivity contribution >= 4 is 21.7 Å². The van der Waals surface area contributed by atoms with E-state index in [-0.39, 0.29) is 16.5 Å². The number of aromatic carboxylic acids is 1. The summed E-state index contributed by atoms with van der Waals surface area (Å²) in [6.45, 7) is 3.55. The summed E-state index contributed by atoms with van der Waals surface area (Å²) in [7, 11) is -2.32. The molecule has 1 aromatic rings. The van der Waals surface area contributed by atoms with Gasteiger partial charge in [-0.15, -0.1) is 0 Å². The summed E-state index contributed by atoms with van der Waals surface area (Å²) in [5, 5.41) is 8.85. The fraction of sp³-hybridized carbons (Fsp3) is 0.385. The summed E-state index contributed by atoms with van der Waals surface area (Å²) < 4.78 is 24.2. The van der Waals surface area contributed by atoms with Crippen LogP contribution in [0, 0.1) is 0 Å².